The fourth-order valence-corrected chi connectivity index (χ4v) is 2.99. The number of para-hydroxylation sites is 1. The van der Waals surface area contributed by atoms with Crippen LogP contribution in [0.25, 0.3) is 0 Å². The fraction of sp³-hybridized carbons (Fsp3) is 0.471. The minimum Gasteiger partial charge on any atom is -0.396 e. The zero-order valence-corrected chi connectivity index (χ0v) is 13.9. The summed E-state index contributed by atoms with van der Waals surface area (Å²) >= 11 is 0. The molecule has 3 rings (SSSR count). The second-order valence-electron chi connectivity index (χ2n) is 6.20. The van der Waals surface area contributed by atoms with Gasteiger partial charge in [0.15, 0.2) is 5.82 Å². The molecule has 0 aliphatic carbocycles. The van der Waals surface area contributed by atoms with Crippen molar-refractivity contribution in [2.24, 2.45) is 5.92 Å². The van der Waals surface area contributed by atoms with Gasteiger partial charge >= 0.3 is 0 Å². The lowest BCUT2D eigenvalue weighted by Gasteiger charge is -2.34. The molecule has 1 saturated heterocycles. The van der Waals surface area contributed by atoms with Crippen molar-refractivity contribution in [3.63, 3.8) is 0 Å². The van der Waals surface area contributed by atoms with Gasteiger partial charge in [0.05, 0.1) is 6.04 Å². The molecule has 0 bridgehead atoms. The van der Waals surface area contributed by atoms with E-state index in [1.807, 2.05) is 30.3 Å². The van der Waals surface area contributed by atoms with Gasteiger partial charge in [0.2, 0.25) is 11.9 Å². The molecular weight excluding hydrogens is 304 g/mol. The molecule has 1 aliphatic rings. The quantitative estimate of drug-likeness (QED) is 0.771. The predicted molar refractivity (Wildman–Crippen MR) is 93.8 cm³/mol. The molecule has 7 heteroatoms. The highest BCUT2D eigenvalue weighted by atomic mass is 16.3. The summed E-state index contributed by atoms with van der Waals surface area (Å²) in [5.74, 6) is 1.76. The van der Waals surface area contributed by atoms with E-state index in [1.165, 1.54) is 0 Å². The Bertz CT molecular complexity index is 657. The summed E-state index contributed by atoms with van der Waals surface area (Å²) < 4.78 is 0. The van der Waals surface area contributed by atoms with Gasteiger partial charge in [0.1, 0.15) is 0 Å². The van der Waals surface area contributed by atoms with Gasteiger partial charge in [0.25, 0.3) is 0 Å². The minimum atomic E-state index is 0.0614. The molecule has 1 aromatic carbocycles. The van der Waals surface area contributed by atoms with Gasteiger partial charge in [0, 0.05) is 12.3 Å². The first-order chi connectivity index (χ1) is 11.7. The number of anilines is 3. The van der Waals surface area contributed by atoms with Crippen molar-refractivity contribution in [1.82, 2.24) is 19.9 Å². The van der Waals surface area contributed by atoms with Crippen molar-refractivity contribution in [1.29, 1.82) is 0 Å². The van der Waals surface area contributed by atoms with Crippen LogP contribution in [-0.4, -0.2) is 44.7 Å². The molecule has 1 aromatic heterocycles. The Hall–Kier alpha value is -2.25. The van der Waals surface area contributed by atoms with E-state index in [1.54, 1.807) is 0 Å². The van der Waals surface area contributed by atoms with Crippen LogP contribution in [0.5, 0.6) is 0 Å². The summed E-state index contributed by atoms with van der Waals surface area (Å²) in [5, 5.41) is 12.4. The SMILES string of the molecule is C[C@@H](c1nc(N)nc(Nc2ccccc2)n1)N1CCC(CO)CC1. The highest BCUT2D eigenvalue weighted by molar-refractivity contribution is 5.53. The van der Waals surface area contributed by atoms with Gasteiger partial charge in [-0.2, -0.15) is 15.0 Å². The molecule has 1 aliphatic heterocycles. The Morgan fingerprint density at radius 3 is 2.58 bits per heavy atom. The standard InChI is InChI=1S/C17H24N6O/c1-12(23-9-7-13(11-24)8-10-23)15-20-16(18)22-17(21-15)19-14-5-3-2-4-6-14/h2-6,12-13,24H,7-11H2,1H3,(H3,18,19,20,21,22)/t12-/m0/s1. The van der Waals surface area contributed by atoms with E-state index in [-0.39, 0.29) is 18.6 Å². The molecule has 0 spiro atoms. The summed E-state index contributed by atoms with van der Waals surface area (Å²) in [7, 11) is 0. The Balaban J connectivity index is 1.73. The Kier molecular flexibility index (Phi) is 5.22. The van der Waals surface area contributed by atoms with E-state index in [0.717, 1.165) is 31.6 Å². The fourth-order valence-electron chi connectivity index (χ4n) is 2.99. The van der Waals surface area contributed by atoms with Gasteiger partial charge in [-0.1, -0.05) is 18.2 Å². The molecule has 128 valence electrons. The third kappa shape index (κ3) is 3.98. The van der Waals surface area contributed by atoms with Crippen LogP contribution in [0.2, 0.25) is 0 Å². The van der Waals surface area contributed by atoms with Crippen LogP contribution < -0.4 is 11.1 Å². The molecule has 7 nitrogen and oxygen atoms in total. The van der Waals surface area contributed by atoms with Crippen molar-refractivity contribution >= 4 is 17.6 Å². The van der Waals surface area contributed by atoms with E-state index >= 15 is 0 Å². The lowest BCUT2D eigenvalue weighted by atomic mass is 9.97. The summed E-state index contributed by atoms with van der Waals surface area (Å²) in [4.78, 5) is 15.4. The maximum absolute atomic E-state index is 9.27. The lowest BCUT2D eigenvalue weighted by Crippen LogP contribution is -2.37. The average molecular weight is 328 g/mol. The van der Waals surface area contributed by atoms with Crippen molar-refractivity contribution in [2.75, 3.05) is 30.7 Å². The van der Waals surface area contributed by atoms with E-state index < -0.39 is 0 Å². The third-order valence-electron chi connectivity index (χ3n) is 4.53. The number of nitrogen functional groups attached to an aromatic ring is 1. The number of aromatic nitrogens is 3. The maximum atomic E-state index is 9.27. The summed E-state index contributed by atoms with van der Waals surface area (Å²) in [5.41, 5.74) is 6.78. The molecule has 24 heavy (non-hydrogen) atoms. The second kappa shape index (κ2) is 7.55. The Morgan fingerprint density at radius 1 is 1.21 bits per heavy atom. The molecule has 0 unspecified atom stereocenters. The molecule has 2 aromatic rings. The molecule has 1 atom stereocenters. The number of nitrogens with zero attached hydrogens (tertiary/aromatic N) is 4. The Labute approximate surface area is 142 Å². The minimum absolute atomic E-state index is 0.0614. The van der Waals surface area contributed by atoms with Gasteiger partial charge in [-0.15, -0.1) is 0 Å². The summed E-state index contributed by atoms with van der Waals surface area (Å²) in [6.45, 7) is 4.21. The van der Waals surface area contributed by atoms with Crippen molar-refractivity contribution in [3.8, 4) is 0 Å². The van der Waals surface area contributed by atoms with Gasteiger partial charge in [-0.3, -0.25) is 4.90 Å². The number of aliphatic hydroxyl groups is 1. The highest BCUT2D eigenvalue weighted by Crippen LogP contribution is 2.25. The monoisotopic (exact) mass is 328 g/mol. The van der Waals surface area contributed by atoms with Gasteiger partial charge < -0.3 is 16.2 Å². The zero-order chi connectivity index (χ0) is 16.9. The number of hydrogen-bond donors (Lipinski definition) is 3. The van der Waals surface area contributed by atoms with Crippen molar-refractivity contribution in [2.45, 2.75) is 25.8 Å². The first kappa shape index (κ1) is 16.6. The smallest absolute Gasteiger partial charge is 0.232 e. The number of benzene rings is 1. The molecule has 2 heterocycles. The van der Waals surface area contributed by atoms with Crippen LogP contribution in [0.3, 0.4) is 0 Å². The van der Waals surface area contributed by atoms with E-state index in [0.29, 0.717) is 17.7 Å². The molecule has 0 saturated carbocycles. The largest absolute Gasteiger partial charge is 0.396 e. The maximum Gasteiger partial charge on any atom is 0.232 e. The number of hydrogen-bond acceptors (Lipinski definition) is 7. The van der Waals surface area contributed by atoms with Crippen LogP contribution >= 0.6 is 0 Å². The number of likely N-dealkylation sites (tertiary alicyclic amines) is 1. The number of piperidine rings is 1. The van der Waals surface area contributed by atoms with Gasteiger partial charge in [-0.05, 0) is 50.9 Å². The zero-order valence-electron chi connectivity index (χ0n) is 13.9. The Morgan fingerprint density at radius 2 is 1.92 bits per heavy atom. The number of aliphatic hydroxyl groups excluding tert-OH is 1. The van der Waals surface area contributed by atoms with Crippen LogP contribution in [0.4, 0.5) is 17.6 Å². The van der Waals surface area contributed by atoms with E-state index in [4.69, 9.17) is 5.73 Å². The second-order valence-corrected chi connectivity index (χ2v) is 6.20. The number of nitrogens with two attached hydrogens (primary N) is 1. The molecule has 0 amide bonds. The van der Waals surface area contributed by atoms with Crippen LogP contribution in [0, 0.1) is 5.92 Å². The van der Waals surface area contributed by atoms with Crippen LogP contribution in [0.1, 0.15) is 31.6 Å². The van der Waals surface area contributed by atoms with Crippen LogP contribution in [0.15, 0.2) is 30.3 Å². The van der Waals surface area contributed by atoms with E-state index in [9.17, 15) is 5.11 Å². The van der Waals surface area contributed by atoms with Crippen molar-refractivity contribution < 1.29 is 5.11 Å². The molecule has 1 fully saturated rings. The summed E-state index contributed by atoms with van der Waals surface area (Å²) in [6.07, 6.45) is 1.99. The van der Waals surface area contributed by atoms with E-state index in [2.05, 4.69) is 32.1 Å². The average Bonchev–Trinajstić information content (AvgIpc) is 2.61. The van der Waals surface area contributed by atoms with Crippen LogP contribution in [-0.2, 0) is 0 Å². The van der Waals surface area contributed by atoms with Gasteiger partial charge in [-0.25, -0.2) is 0 Å². The first-order valence-electron chi connectivity index (χ1n) is 8.34. The molecule has 4 N–H and O–H groups in total. The predicted octanol–water partition coefficient (Wildman–Crippen LogP) is 1.96. The topological polar surface area (TPSA) is 100 Å². The highest BCUT2D eigenvalue weighted by Gasteiger charge is 2.25. The lowest BCUT2D eigenvalue weighted by molar-refractivity contribution is 0.103. The van der Waals surface area contributed by atoms with Crippen molar-refractivity contribution in [3.05, 3.63) is 36.2 Å². The molecular formula is C17H24N6O. The number of nitrogens with one attached hydrogen (secondary N) is 1. The normalized spacial score (nSPS) is 17.6. The number of rotatable bonds is 5. The third-order valence-corrected chi connectivity index (χ3v) is 4.53. The summed E-state index contributed by atoms with van der Waals surface area (Å²) in [6, 6.07) is 9.80. The first-order valence-corrected chi connectivity index (χ1v) is 8.34. The molecule has 0 radical (unpaired) electrons.